The molecular weight excluding hydrogens is 275 g/mol. The molecule has 2 rings (SSSR count). The molecule has 5 nitrogen and oxygen atoms in total. The summed E-state index contributed by atoms with van der Waals surface area (Å²) in [5, 5.41) is 8.90. The highest BCUT2D eigenvalue weighted by atomic mass is 19.1. The van der Waals surface area contributed by atoms with Gasteiger partial charge in [-0.25, -0.2) is 9.18 Å². The lowest BCUT2D eigenvalue weighted by Crippen LogP contribution is -2.39. The van der Waals surface area contributed by atoms with Crippen LogP contribution in [0, 0.1) is 13.8 Å². The van der Waals surface area contributed by atoms with E-state index in [4.69, 9.17) is 5.11 Å². The van der Waals surface area contributed by atoms with E-state index < -0.39 is 11.6 Å². The van der Waals surface area contributed by atoms with Crippen molar-refractivity contribution in [2.24, 2.45) is 0 Å². The van der Waals surface area contributed by atoms with E-state index in [0.29, 0.717) is 5.56 Å². The summed E-state index contributed by atoms with van der Waals surface area (Å²) in [6.45, 7) is 7.59. The fraction of sp³-hybridized carbons (Fsp3) is 0.600. The van der Waals surface area contributed by atoms with Gasteiger partial charge in [0.1, 0.15) is 0 Å². The second-order valence-electron chi connectivity index (χ2n) is 6.00. The molecule has 1 aromatic heterocycles. The largest absolute Gasteiger partial charge is 0.479 e. The van der Waals surface area contributed by atoms with Crippen molar-refractivity contribution in [3.8, 4) is 0 Å². The number of halogens is 1. The van der Waals surface area contributed by atoms with Crippen LogP contribution in [0.4, 0.5) is 4.39 Å². The Morgan fingerprint density at radius 1 is 1.38 bits per heavy atom. The Morgan fingerprint density at radius 2 is 2.00 bits per heavy atom. The summed E-state index contributed by atoms with van der Waals surface area (Å²) >= 11 is 0. The van der Waals surface area contributed by atoms with E-state index in [1.54, 1.807) is 6.07 Å². The Bertz CT molecular complexity index is 594. The lowest BCUT2D eigenvalue weighted by Gasteiger charge is -2.18. The quantitative estimate of drug-likeness (QED) is 0.931. The lowest BCUT2D eigenvalue weighted by molar-refractivity contribution is -0.149. The van der Waals surface area contributed by atoms with Crippen molar-refractivity contribution in [2.45, 2.75) is 45.8 Å². The highest BCUT2D eigenvalue weighted by molar-refractivity contribution is 5.96. The number of rotatable bonds is 3. The molecule has 21 heavy (non-hydrogen) atoms. The SMILES string of the molecule is Cc1cc(C(=O)N2CCC(F)(C(=O)O)C2)c(C)n1C(C)C. The molecule has 0 aliphatic carbocycles. The molecule has 1 aliphatic rings. The monoisotopic (exact) mass is 296 g/mol. The molecule has 1 N–H and O–H groups in total. The number of hydrogen-bond acceptors (Lipinski definition) is 2. The Kier molecular flexibility index (Phi) is 3.82. The third-order valence-corrected chi connectivity index (χ3v) is 4.12. The van der Waals surface area contributed by atoms with Crippen molar-refractivity contribution in [3.05, 3.63) is 23.0 Å². The maximum absolute atomic E-state index is 14.1. The zero-order valence-electron chi connectivity index (χ0n) is 12.8. The van der Waals surface area contributed by atoms with Gasteiger partial charge in [-0.05, 0) is 33.8 Å². The van der Waals surface area contributed by atoms with Crippen molar-refractivity contribution in [2.75, 3.05) is 13.1 Å². The van der Waals surface area contributed by atoms with E-state index in [0.717, 1.165) is 11.4 Å². The number of carboxylic acid groups (broad SMARTS) is 1. The Balaban J connectivity index is 2.27. The molecule has 0 radical (unpaired) electrons. The molecule has 0 saturated carbocycles. The number of carbonyl (C=O) groups excluding carboxylic acids is 1. The number of aromatic nitrogens is 1. The summed E-state index contributed by atoms with van der Waals surface area (Å²) in [6, 6.07) is 2.01. The fourth-order valence-corrected chi connectivity index (χ4v) is 3.08. The van der Waals surface area contributed by atoms with E-state index >= 15 is 0 Å². The normalized spacial score (nSPS) is 22.1. The molecule has 0 bridgehead atoms. The number of nitrogens with zero attached hydrogens (tertiary/aromatic N) is 2. The summed E-state index contributed by atoms with van der Waals surface area (Å²) in [5.74, 6) is -1.79. The highest BCUT2D eigenvalue weighted by Crippen LogP contribution is 2.29. The second-order valence-corrected chi connectivity index (χ2v) is 6.00. The van der Waals surface area contributed by atoms with Crippen molar-refractivity contribution in [3.63, 3.8) is 0 Å². The molecule has 0 aromatic carbocycles. The van der Waals surface area contributed by atoms with Crippen LogP contribution in [0.15, 0.2) is 6.07 Å². The zero-order valence-corrected chi connectivity index (χ0v) is 12.8. The van der Waals surface area contributed by atoms with Crippen molar-refractivity contribution in [1.82, 2.24) is 9.47 Å². The van der Waals surface area contributed by atoms with Crippen molar-refractivity contribution >= 4 is 11.9 Å². The first kappa shape index (κ1) is 15.5. The minimum absolute atomic E-state index is 0.132. The van der Waals surface area contributed by atoms with Gasteiger partial charge in [0.05, 0.1) is 12.1 Å². The van der Waals surface area contributed by atoms with Crippen LogP contribution in [-0.4, -0.2) is 45.2 Å². The van der Waals surface area contributed by atoms with Gasteiger partial charge in [0.25, 0.3) is 5.91 Å². The van der Waals surface area contributed by atoms with Gasteiger partial charge in [-0.1, -0.05) is 0 Å². The fourth-order valence-electron chi connectivity index (χ4n) is 3.08. The smallest absolute Gasteiger partial charge is 0.343 e. The van der Waals surface area contributed by atoms with Gasteiger partial charge in [-0.2, -0.15) is 0 Å². The summed E-state index contributed by atoms with van der Waals surface area (Å²) in [7, 11) is 0. The molecule has 1 fully saturated rings. The number of aryl methyl sites for hydroxylation is 1. The zero-order chi connectivity index (χ0) is 15.9. The van der Waals surface area contributed by atoms with E-state index in [2.05, 4.69) is 0 Å². The molecule has 1 aliphatic heterocycles. The average Bonchev–Trinajstić information content (AvgIpc) is 2.91. The van der Waals surface area contributed by atoms with Crippen LogP contribution >= 0.6 is 0 Å². The summed E-state index contributed by atoms with van der Waals surface area (Å²) in [6.07, 6.45) is -0.156. The number of likely N-dealkylation sites (tertiary alicyclic amines) is 1. The number of aliphatic carboxylic acids is 1. The molecule has 0 spiro atoms. The maximum Gasteiger partial charge on any atom is 0.343 e. The number of alkyl halides is 1. The Morgan fingerprint density at radius 3 is 2.43 bits per heavy atom. The molecule has 1 unspecified atom stereocenters. The van der Waals surface area contributed by atoms with Crippen LogP contribution in [-0.2, 0) is 4.79 Å². The minimum atomic E-state index is -2.32. The molecular formula is C15H21FN2O3. The molecule has 1 aromatic rings. The van der Waals surface area contributed by atoms with E-state index in [1.165, 1.54) is 4.90 Å². The number of hydrogen-bond donors (Lipinski definition) is 1. The summed E-state index contributed by atoms with van der Waals surface area (Å²) in [5.41, 5.74) is 0.00369. The van der Waals surface area contributed by atoms with Gasteiger partial charge < -0.3 is 14.6 Å². The maximum atomic E-state index is 14.1. The van der Waals surface area contributed by atoms with Gasteiger partial charge in [0.15, 0.2) is 0 Å². The van der Waals surface area contributed by atoms with Crippen LogP contribution in [0.1, 0.15) is 48.1 Å². The topological polar surface area (TPSA) is 62.5 Å². The van der Waals surface area contributed by atoms with Crippen LogP contribution in [0.3, 0.4) is 0 Å². The third kappa shape index (κ3) is 2.54. The Labute approximate surface area is 123 Å². The van der Waals surface area contributed by atoms with Crippen LogP contribution < -0.4 is 0 Å². The number of carboxylic acids is 1. The highest BCUT2D eigenvalue weighted by Gasteiger charge is 2.47. The Hall–Kier alpha value is -1.85. The molecule has 116 valence electrons. The van der Waals surface area contributed by atoms with Gasteiger partial charge in [0, 0.05) is 30.4 Å². The summed E-state index contributed by atoms with van der Waals surface area (Å²) < 4.78 is 16.1. The standard InChI is InChI=1S/C15H21FN2O3/c1-9(2)18-10(3)7-12(11(18)4)13(19)17-6-5-15(16,8-17)14(20)21/h7,9H,5-6,8H2,1-4H3,(H,20,21). The van der Waals surface area contributed by atoms with Gasteiger partial charge >= 0.3 is 5.97 Å². The lowest BCUT2D eigenvalue weighted by atomic mass is 10.1. The molecule has 1 saturated heterocycles. The predicted molar refractivity (Wildman–Crippen MR) is 76.3 cm³/mol. The van der Waals surface area contributed by atoms with Gasteiger partial charge in [0.2, 0.25) is 5.67 Å². The minimum Gasteiger partial charge on any atom is -0.479 e. The first-order chi connectivity index (χ1) is 9.67. The molecule has 2 heterocycles. The number of amides is 1. The van der Waals surface area contributed by atoms with Gasteiger partial charge in [-0.3, -0.25) is 4.79 Å². The van der Waals surface area contributed by atoms with Crippen LogP contribution in [0.2, 0.25) is 0 Å². The molecule has 6 heteroatoms. The summed E-state index contributed by atoms with van der Waals surface area (Å²) in [4.78, 5) is 24.7. The van der Waals surface area contributed by atoms with Gasteiger partial charge in [-0.15, -0.1) is 0 Å². The molecule has 1 amide bonds. The third-order valence-electron chi connectivity index (χ3n) is 4.12. The first-order valence-electron chi connectivity index (χ1n) is 7.07. The van der Waals surface area contributed by atoms with E-state index in [1.807, 2.05) is 32.3 Å². The number of carbonyl (C=O) groups is 2. The van der Waals surface area contributed by atoms with E-state index in [9.17, 15) is 14.0 Å². The second kappa shape index (κ2) is 5.16. The first-order valence-corrected chi connectivity index (χ1v) is 7.07. The van der Waals surface area contributed by atoms with E-state index in [-0.39, 0.29) is 31.5 Å². The van der Waals surface area contributed by atoms with Crippen LogP contribution in [0.5, 0.6) is 0 Å². The average molecular weight is 296 g/mol. The van der Waals surface area contributed by atoms with Crippen molar-refractivity contribution in [1.29, 1.82) is 0 Å². The van der Waals surface area contributed by atoms with Crippen molar-refractivity contribution < 1.29 is 19.1 Å². The van der Waals surface area contributed by atoms with Crippen LogP contribution in [0.25, 0.3) is 0 Å². The predicted octanol–water partition coefficient (Wildman–Crippen LogP) is 2.32. The molecule has 1 atom stereocenters.